The summed E-state index contributed by atoms with van der Waals surface area (Å²) in [5, 5.41) is 0. The molecule has 2 aromatic carbocycles. The minimum Gasteiger partial charge on any atom is -0.372 e. The van der Waals surface area contributed by atoms with Crippen molar-refractivity contribution in [2.75, 3.05) is 24.5 Å². The van der Waals surface area contributed by atoms with Crippen LogP contribution in [0.2, 0.25) is 0 Å². The SMILES string of the molecule is CCN(CCCN)c1ccc(-c2ccccc2)cc1. The number of hydrogen-bond donors (Lipinski definition) is 1. The van der Waals surface area contributed by atoms with Crippen LogP contribution in [0.4, 0.5) is 5.69 Å². The first kappa shape index (κ1) is 13.6. The molecule has 0 aromatic heterocycles. The second kappa shape index (κ2) is 6.95. The van der Waals surface area contributed by atoms with Crippen LogP contribution < -0.4 is 10.6 Å². The molecule has 0 radical (unpaired) electrons. The molecule has 2 heteroatoms. The molecule has 19 heavy (non-hydrogen) atoms. The first-order chi connectivity index (χ1) is 9.35. The molecule has 0 amide bonds. The van der Waals surface area contributed by atoms with Crippen molar-refractivity contribution >= 4 is 5.69 Å². The highest BCUT2D eigenvalue weighted by Crippen LogP contribution is 2.23. The lowest BCUT2D eigenvalue weighted by molar-refractivity contribution is 0.754. The number of nitrogens with two attached hydrogens (primary N) is 1. The summed E-state index contributed by atoms with van der Waals surface area (Å²) < 4.78 is 0. The molecule has 0 bridgehead atoms. The van der Waals surface area contributed by atoms with Gasteiger partial charge in [-0.1, -0.05) is 42.5 Å². The molecule has 2 aromatic rings. The molecule has 0 aliphatic rings. The van der Waals surface area contributed by atoms with Gasteiger partial charge in [0.15, 0.2) is 0 Å². The Bertz CT molecular complexity index is 476. The number of hydrogen-bond acceptors (Lipinski definition) is 2. The number of nitrogens with zero attached hydrogens (tertiary/aromatic N) is 1. The fraction of sp³-hybridized carbons (Fsp3) is 0.294. The standard InChI is InChI=1S/C17H22N2/c1-2-19(14-6-13-18)17-11-9-16(10-12-17)15-7-4-3-5-8-15/h3-5,7-12H,2,6,13-14,18H2,1H3. The van der Waals surface area contributed by atoms with E-state index in [0.717, 1.165) is 26.1 Å². The lowest BCUT2D eigenvalue weighted by atomic mass is 10.1. The van der Waals surface area contributed by atoms with Crippen molar-refractivity contribution in [2.45, 2.75) is 13.3 Å². The normalized spacial score (nSPS) is 10.4. The molecule has 0 aliphatic carbocycles. The van der Waals surface area contributed by atoms with Crippen LogP contribution in [0.5, 0.6) is 0 Å². The average Bonchev–Trinajstić information content (AvgIpc) is 2.49. The van der Waals surface area contributed by atoms with Crippen LogP contribution in [0.15, 0.2) is 54.6 Å². The van der Waals surface area contributed by atoms with E-state index in [0.29, 0.717) is 0 Å². The van der Waals surface area contributed by atoms with Gasteiger partial charge in [0, 0.05) is 18.8 Å². The van der Waals surface area contributed by atoms with E-state index in [2.05, 4.69) is 60.4 Å². The molecular weight excluding hydrogens is 232 g/mol. The lowest BCUT2D eigenvalue weighted by Gasteiger charge is -2.23. The molecule has 0 heterocycles. The third-order valence-electron chi connectivity index (χ3n) is 3.35. The van der Waals surface area contributed by atoms with Crippen molar-refractivity contribution in [1.82, 2.24) is 0 Å². The van der Waals surface area contributed by atoms with E-state index >= 15 is 0 Å². The fourth-order valence-electron chi connectivity index (χ4n) is 2.25. The maximum atomic E-state index is 5.58. The average molecular weight is 254 g/mol. The van der Waals surface area contributed by atoms with Crippen LogP contribution in [-0.4, -0.2) is 19.6 Å². The Hall–Kier alpha value is -1.80. The third-order valence-corrected chi connectivity index (χ3v) is 3.35. The van der Waals surface area contributed by atoms with Gasteiger partial charge in [-0.25, -0.2) is 0 Å². The minimum absolute atomic E-state index is 0.749. The summed E-state index contributed by atoms with van der Waals surface area (Å²) in [7, 11) is 0. The summed E-state index contributed by atoms with van der Waals surface area (Å²) in [4.78, 5) is 2.36. The van der Waals surface area contributed by atoms with Gasteiger partial charge in [0.2, 0.25) is 0 Å². The fourth-order valence-corrected chi connectivity index (χ4v) is 2.25. The van der Waals surface area contributed by atoms with E-state index in [1.807, 2.05) is 6.07 Å². The summed E-state index contributed by atoms with van der Waals surface area (Å²) in [6.07, 6.45) is 1.04. The Balaban J connectivity index is 2.13. The molecule has 0 unspecified atom stereocenters. The molecular formula is C17H22N2. The lowest BCUT2D eigenvalue weighted by Crippen LogP contribution is -2.25. The summed E-state index contributed by atoms with van der Waals surface area (Å²) in [6, 6.07) is 19.2. The van der Waals surface area contributed by atoms with E-state index in [4.69, 9.17) is 5.73 Å². The zero-order chi connectivity index (χ0) is 13.5. The molecule has 100 valence electrons. The smallest absolute Gasteiger partial charge is 0.0366 e. The number of benzene rings is 2. The molecule has 0 saturated heterocycles. The zero-order valence-electron chi connectivity index (χ0n) is 11.5. The highest BCUT2D eigenvalue weighted by molar-refractivity contribution is 5.66. The van der Waals surface area contributed by atoms with E-state index < -0.39 is 0 Å². The Morgan fingerprint density at radius 3 is 2.11 bits per heavy atom. The Morgan fingerprint density at radius 1 is 0.895 bits per heavy atom. The molecule has 0 atom stereocenters. The summed E-state index contributed by atoms with van der Waals surface area (Å²) >= 11 is 0. The minimum atomic E-state index is 0.749. The van der Waals surface area contributed by atoms with Crippen molar-refractivity contribution in [3.05, 3.63) is 54.6 Å². The van der Waals surface area contributed by atoms with Crippen molar-refractivity contribution in [3.8, 4) is 11.1 Å². The van der Waals surface area contributed by atoms with Gasteiger partial charge in [-0.05, 0) is 43.1 Å². The summed E-state index contributed by atoms with van der Waals surface area (Å²) in [5.41, 5.74) is 9.38. The van der Waals surface area contributed by atoms with Gasteiger partial charge in [-0.3, -0.25) is 0 Å². The maximum absolute atomic E-state index is 5.58. The summed E-state index contributed by atoms with van der Waals surface area (Å²) in [5.74, 6) is 0. The van der Waals surface area contributed by atoms with Crippen LogP contribution in [0, 0.1) is 0 Å². The number of anilines is 1. The molecule has 2 nitrogen and oxygen atoms in total. The molecule has 0 spiro atoms. The largest absolute Gasteiger partial charge is 0.372 e. The number of rotatable bonds is 6. The quantitative estimate of drug-likeness (QED) is 0.854. The van der Waals surface area contributed by atoms with Gasteiger partial charge in [0.1, 0.15) is 0 Å². The highest BCUT2D eigenvalue weighted by atomic mass is 15.1. The van der Waals surface area contributed by atoms with E-state index in [1.54, 1.807) is 0 Å². The molecule has 0 fully saturated rings. The van der Waals surface area contributed by atoms with E-state index in [1.165, 1.54) is 16.8 Å². The van der Waals surface area contributed by atoms with Crippen molar-refractivity contribution in [2.24, 2.45) is 5.73 Å². The Kier molecular flexibility index (Phi) is 4.99. The van der Waals surface area contributed by atoms with Gasteiger partial charge < -0.3 is 10.6 Å². The second-order valence-electron chi connectivity index (χ2n) is 4.63. The monoisotopic (exact) mass is 254 g/mol. The van der Waals surface area contributed by atoms with Crippen LogP contribution in [0.3, 0.4) is 0 Å². The first-order valence-corrected chi connectivity index (χ1v) is 6.95. The maximum Gasteiger partial charge on any atom is 0.0366 e. The summed E-state index contributed by atoms with van der Waals surface area (Å²) in [6.45, 7) is 4.97. The first-order valence-electron chi connectivity index (χ1n) is 6.95. The van der Waals surface area contributed by atoms with Crippen molar-refractivity contribution in [1.29, 1.82) is 0 Å². The Morgan fingerprint density at radius 2 is 1.53 bits per heavy atom. The van der Waals surface area contributed by atoms with E-state index in [-0.39, 0.29) is 0 Å². The van der Waals surface area contributed by atoms with Crippen molar-refractivity contribution < 1.29 is 0 Å². The van der Waals surface area contributed by atoms with Crippen LogP contribution in [0.1, 0.15) is 13.3 Å². The molecule has 2 rings (SSSR count). The van der Waals surface area contributed by atoms with Gasteiger partial charge in [0.25, 0.3) is 0 Å². The topological polar surface area (TPSA) is 29.3 Å². The Labute approximate surface area is 115 Å². The van der Waals surface area contributed by atoms with Gasteiger partial charge in [-0.15, -0.1) is 0 Å². The van der Waals surface area contributed by atoms with Crippen LogP contribution >= 0.6 is 0 Å². The predicted molar refractivity (Wildman–Crippen MR) is 83.4 cm³/mol. The molecule has 0 saturated carbocycles. The molecule has 0 aliphatic heterocycles. The molecule has 2 N–H and O–H groups in total. The predicted octanol–water partition coefficient (Wildman–Crippen LogP) is 3.53. The zero-order valence-corrected chi connectivity index (χ0v) is 11.5. The van der Waals surface area contributed by atoms with Crippen molar-refractivity contribution in [3.63, 3.8) is 0 Å². The van der Waals surface area contributed by atoms with Gasteiger partial charge >= 0.3 is 0 Å². The highest BCUT2D eigenvalue weighted by Gasteiger charge is 2.04. The van der Waals surface area contributed by atoms with Crippen LogP contribution in [0.25, 0.3) is 11.1 Å². The second-order valence-corrected chi connectivity index (χ2v) is 4.63. The van der Waals surface area contributed by atoms with E-state index in [9.17, 15) is 0 Å². The van der Waals surface area contributed by atoms with Crippen LogP contribution in [-0.2, 0) is 0 Å². The van der Waals surface area contributed by atoms with Gasteiger partial charge in [-0.2, -0.15) is 0 Å². The van der Waals surface area contributed by atoms with Gasteiger partial charge in [0.05, 0.1) is 0 Å². The third kappa shape index (κ3) is 3.58.